The smallest absolute Gasteiger partial charge is 0.205 e. The molecule has 9 heteroatoms. The molecule has 0 aromatic carbocycles. The highest BCUT2D eigenvalue weighted by Crippen LogP contribution is 2.33. The molecule has 1 saturated carbocycles. The van der Waals surface area contributed by atoms with E-state index in [0.29, 0.717) is 6.42 Å². The number of ether oxygens (including phenoxy) is 2. The predicted octanol–water partition coefficient (Wildman–Crippen LogP) is -3.27. The third-order valence-corrected chi connectivity index (χ3v) is 5.20. The third-order valence-electron chi connectivity index (χ3n) is 5.20. The first-order valence-electron chi connectivity index (χ1n) is 8.37. The van der Waals surface area contributed by atoms with Crippen LogP contribution in [0.15, 0.2) is 0 Å². The lowest BCUT2D eigenvalue weighted by Gasteiger charge is -2.52. The van der Waals surface area contributed by atoms with Crippen molar-refractivity contribution in [3.63, 3.8) is 0 Å². The van der Waals surface area contributed by atoms with E-state index in [2.05, 4.69) is 16.0 Å². The van der Waals surface area contributed by atoms with E-state index in [-0.39, 0.29) is 6.10 Å². The highest BCUT2D eigenvalue weighted by molar-refractivity contribution is 5.08. The Kier molecular flexibility index (Phi) is 6.57. The fourth-order valence-electron chi connectivity index (χ4n) is 3.85. The number of hydrogen-bond donors (Lipinski definition) is 7. The van der Waals surface area contributed by atoms with Crippen LogP contribution in [-0.4, -0.2) is 103 Å². The lowest BCUT2D eigenvalue weighted by atomic mass is 9.80. The Bertz CT molecular complexity index is 417. The first-order valence-corrected chi connectivity index (χ1v) is 8.37. The van der Waals surface area contributed by atoms with Gasteiger partial charge in [-0.2, -0.15) is 0 Å². The van der Waals surface area contributed by atoms with Gasteiger partial charge in [-0.25, -0.2) is 0 Å². The molecule has 2 rings (SSSR count). The molecule has 1 saturated heterocycles. The summed E-state index contributed by atoms with van der Waals surface area (Å²) in [5.74, 6) is -1.85. The van der Waals surface area contributed by atoms with Gasteiger partial charge in [0.1, 0.15) is 18.3 Å². The number of fused-ring (bicyclic) bond motifs is 1. The van der Waals surface area contributed by atoms with Gasteiger partial charge in [0, 0.05) is 0 Å². The van der Waals surface area contributed by atoms with Crippen molar-refractivity contribution < 1.29 is 29.9 Å². The zero-order valence-corrected chi connectivity index (χ0v) is 14.6. The molecule has 0 radical (unpaired) electrons. The predicted molar refractivity (Wildman–Crippen MR) is 86.4 cm³/mol. The monoisotopic (exact) mass is 349 g/mol. The summed E-state index contributed by atoms with van der Waals surface area (Å²) in [6.45, 7) is 1.22. The van der Waals surface area contributed by atoms with E-state index in [9.17, 15) is 20.4 Å². The van der Waals surface area contributed by atoms with Crippen molar-refractivity contribution in [3.8, 4) is 0 Å². The molecule has 142 valence electrons. The molecule has 7 unspecified atom stereocenters. The lowest BCUT2D eigenvalue weighted by molar-refractivity contribution is -0.321. The van der Waals surface area contributed by atoms with E-state index >= 15 is 0 Å². The summed E-state index contributed by atoms with van der Waals surface area (Å²) in [7, 11) is 4.98. The molecule has 1 aliphatic carbocycles. The zero-order valence-electron chi connectivity index (χ0n) is 14.6. The lowest BCUT2D eigenvalue weighted by Crippen LogP contribution is -2.74. The van der Waals surface area contributed by atoms with Gasteiger partial charge in [0.15, 0.2) is 0 Å². The molecule has 9 nitrogen and oxygen atoms in total. The van der Waals surface area contributed by atoms with Crippen molar-refractivity contribution in [2.24, 2.45) is 0 Å². The van der Waals surface area contributed by atoms with Crippen molar-refractivity contribution in [1.82, 2.24) is 16.0 Å². The maximum absolute atomic E-state index is 10.8. The van der Waals surface area contributed by atoms with Crippen LogP contribution in [0.1, 0.15) is 13.3 Å². The maximum atomic E-state index is 10.8. The van der Waals surface area contributed by atoms with Gasteiger partial charge in [-0.15, -0.1) is 0 Å². The first-order chi connectivity index (χ1) is 11.3. The number of likely N-dealkylation sites (N-methyl/N-ethyl adjacent to an activating group) is 3. The first kappa shape index (κ1) is 20.0. The fraction of sp³-hybridized carbons (Fsp3) is 1.00. The Hall–Kier alpha value is -0.360. The zero-order chi connectivity index (χ0) is 18.1. The standard InChI is InChI=1S/C15H31N3O6/c1-7-5-8(16-2)15(22,6-19)24-13-10(18-4)11(20)9(17-3)12(21)14(13)23-7/h7-14,16-22H,5-6H2,1-4H3/t7-,8?,9?,10?,11?,12+,13?,14?,15?/m1/s1. The third kappa shape index (κ3) is 3.46. The summed E-state index contributed by atoms with van der Waals surface area (Å²) in [4.78, 5) is 0. The molecular weight excluding hydrogens is 318 g/mol. The van der Waals surface area contributed by atoms with Crippen LogP contribution in [0.2, 0.25) is 0 Å². The van der Waals surface area contributed by atoms with Gasteiger partial charge in [-0.1, -0.05) is 0 Å². The topological polar surface area (TPSA) is 135 Å². The van der Waals surface area contributed by atoms with Crippen LogP contribution in [0.25, 0.3) is 0 Å². The molecule has 2 aliphatic rings. The van der Waals surface area contributed by atoms with E-state index in [0.717, 1.165) is 0 Å². The minimum Gasteiger partial charge on any atom is -0.391 e. The summed E-state index contributed by atoms with van der Waals surface area (Å²) in [5, 5.41) is 50.5. The number of aliphatic hydroxyl groups is 4. The van der Waals surface area contributed by atoms with E-state index < -0.39 is 54.9 Å². The van der Waals surface area contributed by atoms with E-state index in [1.807, 2.05) is 6.92 Å². The summed E-state index contributed by atoms with van der Waals surface area (Å²) in [6.07, 6.45) is -3.52. The van der Waals surface area contributed by atoms with Gasteiger partial charge in [0.2, 0.25) is 5.79 Å². The molecule has 0 aromatic heterocycles. The Balaban J connectivity index is 2.40. The number of aliphatic hydroxyl groups excluding tert-OH is 3. The molecule has 0 spiro atoms. The molecule has 7 N–H and O–H groups in total. The van der Waals surface area contributed by atoms with Gasteiger partial charge >= 0.3 is 0 Å². The number of nitrogens with one attached hydrogen (secondary N) is 3. The van der Waals surface area contributed by atoms with E-state index in [4.69, 9.17) is 9.47 Å². The minimum absolute atomic E-state index is 0.295. The molecule has 0 bridgehead atoms. The van der Waals surface area contributed by atoms with Crippen LogP contribution in [0, 0.1) is 0 Å². The molecule has 1 aliphatic heterocycles. The van der Waals surface area contributed by atoms with Crippen LogP contribution < -0.4 is 16.0 Å². The summed E-state index contributed by atoms with van der Waals surface area (Å²) in [5.41, 5.74) is 0. The summed E-state index contributed by atoms with van der Waals surface area (Å²) in [6, 6.07) is -1.77. The Morgan fingerprint density at radius 2 is 1.62 bits per heavy atom. The maximum Gasteiger partial charge on any atom is 0.205 e. The molecule has 9 atom stereocenters. The Morgan fingerprint density at radius 3 is 2.12 bits per heavy atom. The normalized spacial score (nSPS) is 50.0. The van der Waals surface area contributed by atoms with Crippen LogP contribution in [-0.2, 0) is 9.47 Å². The van der Waals surface area contributed by atoms with Crippen LogP contribution in [0.3, 0.4) is 0 Å². The van der Waals surface area contributed by atoms with Gasteiger partial charge in [0.05, 0.1) is 36.9 Å². The quantitative estimate of drug-likeness (QED) is 0.279. The highest BCUT2D eigenvalue weighted by atomic mass is 16.7. The molecule has 2 fully saturated rings. The van der Waals surface area contributed by atoms with Crippen molar-refractivity contribution in [3.05, 3.63) is 0 Å². The molecule has 24 heavy (non-hydrogen) atoms. The van der Waals surface area contributed by atoms with Gasteiger partial charge in [-0.05, 0) is 34.5 Å². The van der Waals surface area contributed by atoms with Crippen LogP contribution in [0.4, 0.5) is 0 Å². The average molecular weight is 349 g/mol. The van der Waals surface area contributed by atoms with E-state index in [1.165, 1.54) is 0 Å². The highest BCUT2D eigenvalue weighted by Gasteiger charge is 2.55. The second kappa shape index (κ2) is 7.90. The summed E-state index contributed by atoms with van der Waals surface area (Å²) < 4.78 is 11.8. The second-order valence-electron chi connectivity index (χ2n) is 6.68. The van der Waals surface area contributed by atoms with Crippen LogP contribution >= 0.6 is 0 Å². The second-order valence-corrected chi connectivity index (χ2v) is 6.68. The fourth-order valence-corrected chi connectivity index (χ4v) is 3.85. The largest absolute Gasteiger partial charge is 0.391 e. The van der Waals surface area contributed by atoms with Crippen molar-refractivity contribution in [2.75, 3.05) is 27.7 Å². The summed E-state index contributed by atoms with van der Waals surface area (Å²) >= 11 is 0. The van der Waals surface area contributed by atoms with Crippen molar-refractivity contribution in [2.45, 2.75) is 67.8 Å². The van der Waals surface area contributed by atoms with Gasteiger partial charge < -0.3 is 45.9 Å². The number of rotatable bonds is 4. The van der Waals surface area contributed by atoms with E-state index in [1.54, 1.807) is 21.1 Å². The molecule has 0 amide bonds. The molecular formula is C15H31N3O6. The number of hydrogen-bond acceptors (Lipinski definition) is 9. The molecule has 0 aromatic rings. The Labute approximate surface area is 142 Å². The SMILES string of the molecule is CNC1C(O)C(NC)[C@H](O)C2O[C@H](C)CC(NC)C(O)(CO)OC12. The minimum atomic E-state index is -1.85. The van der Waals surface area contributed by atoms with Gasteiger partial charge in [0.25, 0.3) is 0 Å². The van der Waals surface area contributed by atoms with Crippen molar-refractivity contribution >= 4 is 0 Å². The van der Waals surface area contributed by atoms with Crippen LogP contribution in [0.5, 0.6) is 0 Å². The van der Waals surface area contributed by atoms with Crippen molar-refractivity contribution in [1.29, 1.82) is 0 Å². The van der Waals surface area contributed by atoms with Gasteiger partial charge in [-0.3, -0.25) is 0 Å². The molecule has 1 heterocycles. The average Bonchev–Trinajstić information content (AvgIpc) is 2.55. The Morgan fingerprint density at radius 1 is 1.00 bits per heavy atom.